The standard InChI is InChI=1S/C20H26F2N2O/c1-12(2)8-15(10-18(22)13(3)4)20(25)24-16-9-14-6-5-7-17(21)19(14)23-11-16/h5-7,9,11-13,15,18H,8,10H2,1-4H3,(H,24,25). The number of amides is 1. The van der Waals surface area contributed by atoms with E-state index in [1.54, 1.807) is 18.2 Å². The number of halogens is 2. The molecule has 1 aromatic carbocycles. The van der Waals surface area contributed by atoms with Crippen LogP contribution in [0, 0.1) is 23.6 Å². The smallest absolute Gasteiger partial charge is 0.227 e. The van der Waals surface area contributed by atoms with Crippen LogP contribution >= 0.6 is 0 Å². The van der Waals surface area contributed by atoms with Gasteiger partial charge in [-0.2, -0.15) is 0 Å². The number of hydrogen-bond donors (Lipinski definition) is 1. The summed E-state index contributed by atoms with van der Waals surface area (Å²) in [5.74, 6) is -0.841. The molecule has 2 unspecified atom stereocenters. The Labute approximate surface area is 147 Å². The number of fused-ring (bicyclic) bond motifs is 1. The summed E-state index contributed by atoms with van der Waals surface area (Å²) in [6, 6.07) is 6.37. The maximum atomic E-state index is 14.1. The highest BCUT2D eigenvalue weighted by atomic mass is 19.1. The molecule has 2 atom stereocenters. The van der Waals surface area contributed by atoms with Crippen molar-refractivity contribution in [1.29, 1.82) is 0 Å². The van der Waals surface area contributed by atoms with Gasteiger partial charge in [-0.3, -0.25) is 9.78 Å². The molecule has 0 fully saturated rings. The molecule has 0 spiro atoms. The van der Waals surface area contributed by atoms with Crippen LogP contribution in [0.3, 0.4) is 0 Å². The summed E-state index contributed by atoms with van der Waals surface area (Å²) in [4.78, 5) is 16.7. The summed E-state index contributed by atoms with van der Waals surface area (Å²) in [6.07, 6.45) is 1.25. The van der Waals surface area contributed by atoms with Crippen LogP contribution in [0.4, 0.5) is 14.5 Å². The molecule has 0 saturated carbocycles. The van der Waals surface area contributed by atoms with Crippen molar-refractivity contribution in [2.75, 3.05) is 5.32 Å². The van der Waals surface area contributed by atoms with E-state index in [1.807, 2.05) is 27.7 Å². The van der Waals surface area contributed by atoms with E-state index in [1.165, 1.54) is 12.3 Å². The fraction of sp³-hybridized carbons (Fsp3) is 0.500. The van der Waals surface area contributed by atoms with Gasteiger partial charge in [0.2, 0.25) is 5.91 Å². The van der Waals surface area contributed by atoms with Crippen LogP contribution < -0.4 is 5.32 Å². The maximum absolute atomic E-state index is 14.1. The number of hydrogen-bond acceptors (Lipinski definition) is 2. The summed E-state index contributed by atoms with van der Waals surface area (Å²) in [6.45, 7) is 7.67. The average molecular weight is 348 g/mol. The zero-order valence-electron chi connectivity index (χ0n) is 15.2. The van der Waals surface area contributed by atoms with Gasteiger partial charge >= 0.3 is 0 Å². The van der Waals surface area contributed by atoms with Gasteiger partial charge in [0.25, 0.3) is 0 Å². The highest BCUT2D eigenvalue weighted by molar-refractivity contribution is 5.94. The summed E-state index contributed by atoms with van der Waals surface area (Å²) in [5, 5.41) is 3.43. The van der Waals surface area contributed by atoms with Gasteiger partial charge < -0.3 is 5.32 Å². The van der Waals surface area contributed by atoms with Crippen molar-refractivity contribution < 1.29 is 13.6 Å². The Balaban J connectivity index is 2.16. The second-order valence-corrected chi connectivity index (χ2v) is 7.35. The Morgan fingerprint density at radius 3 is 2.56 bits per heavy atom. The molecule has 1 aromatic heterocycles. The molecule has 5 heteroatoms. The Hall–Kier alpha value is -2.04. The molecule has 3 nitrogen and oxygen atoms in total. The minimum absolute atomic E-state index is 0.118. The molecule has 1 heterocycles. The second kappa shape index (κ2) is 8.37. The Morgan fingerprint density at radius 2 is 1.92 bits per heavy atom. The fourth-order valence-corrected chi connectivity index (χ4v) is 2.86. The number of nitrogens with zero attached hydrogens (tertiary/aromatic N) is 1. The van der Waals surface area contributed by atoms with E-state index in [9.17, 15) is 13.6 Å². The van der Waals surface area contributed by atoms with Crippen molar-refractivity contribution in [1.82, 2.24) is 4.98 Å². The molecule has 25 heavy (non-hydrogen) atoms. The number of rotatable bonds is 7. The van der Waals surface area contributed by atoms with E-state index in [-0.39, 0.29) is 23.8 Å². The van der Waals surface area contributed by atoms with Gasteiger partial charge in [0.05, 0.1) is 11.9 Å². The summed E-state index contributed by atoms with van der Waals surface area (Å²) in [5.41, 5.74) is 0.764. The molecule has 0 aliphatic rings. The molecule has 2 aromatic rings. The van der Waals surface area contributed by atoms with E-state index in [0.29, 0.717) is 23.4 Å². The molecule has 0 saturated heterocycles. The van der Waals surface area contributed by atoms with Gasteiger partial charge in [0.1, 0.15) is 17.5 Å². The number of carbonyl (C=O) groups excluding carboxylic acids is 1. The van der Waals surface area contributed by atoms with E-state index in [0.717, 1.165) is 0 Å². The minimum atomic E-state index is -1.02. The third-order valence-electron chi connectivity index (χ3n) is 4.29. The van der Waals surface area contributed by atoms with Crippen LogP contribution in [0.1, 0.15) is 40.5 Å². The molecule has 0 bridgehead atoms. The predicted molar refractivity (Wildman–Crippen MR) is 97.6 cm³/mol. The number of para-hydroxylation sites is 1. The molecule has 1 N–H and O–H groups in total. The van der Waals surface area contributed by atoms with Crippen LogP contribution in [-0.4, -0.2) is 17.1 Å². The Kier molecular flexibility index (Phi) is 6.45. The first kappa shape index (κ1) is 19.3. The first-order chi connectivity index (χ1) is 11.8. The van der Waals surface area contributed by atoms with Gasteiger partial charge in [-0.15, -0.1) is 0 Å². The molecule has 0 aliphatic carbocycles. The lowest BCUT2D eigenvalue weighted by Crippen LogP contribution is -2.28. The van der Waals surface area contributed by atoms with E-state index >= 15 is 0 Å². The summed E-state index contributed by atoms with van der Waals surface area (Å²) in [7, 11) is 0. The van der Waals surface area contributed by atoms with Gasteiger partial charge in [0, 0.05) is 11.3 Å². The number of benzene rings is 1. The van der Waals surface area contributed by atoms with Crippen molar-refractivity contribution in [2.45, 2.75) is 46.7 Å². The average Bonchev–Trinajstić information content (AvgIpc) is 2.53. The molecular formula is C20H26F2N2O. The van der Waals surface area contributed by atoms with Gasteiger partial charge in [-0.25, -0.2) is 8.78 Å². The predicted octanol–water partition coefficient (Wildman–Crippen LogP) is 5.36. The fourth-order valence-electron chi connectivity index (χ4n) is 2.86. The normalized spacial score (nSPS) is 14.1. The van der Waals surface area contributed by atoms with Gasteiger partial charge in [-0.1, -0.05) is 39.8 Å². The third kappa shape index (κ3) is 5.21. The van der Waals surface area contributed by atoms with Crippen molar-refractivity contribution in [3.8, 4) is 0 Å². The third-order valence-corrected chi connectivity index (χ3v) is 4.29. The lowest BCUT2D eigenvalue weighted by Gasteiger charge is -2.22. The molecule has 2 rings (SSSR count). The Bertz CT molecular complexity index is 731. The van der Waals surface area contributed by atoms with Gasteiger partial charge in [0.15, 0.2) is 0 Å². The maximum Gasteiger partial charge on any atom is 0.227 e. The molecule has 0 radical (unpaired) electrons. The summed E-state index contributed by atoms with van der Waals surface area (Å²) >= 11 is 0. The number of alkyl halides is 1. The number of nitrogens with one attached hydrogen (secondary N) is 1. The number of carbonyl (C=O) groups is 1. The van der Waals surface area contributed by atoms with Crippen molar-refractivity contribution in [3.63, 3.8) is 0 Å². The number of pyridine rings is 1. The van der Waals surface area contributed by atoms with Crippen molar-refractivity contribution in [3.05, 3.63) is 36.3 Å². The molecule has 0 aliphatic heterocycles. The molecule has 1 amide bonds. The zero-order chi connectivity index (χ0) is 18.6. The van der Waals surface area contributed by atoms with Crippen molar-refractivity contribution in [2.24, 2.45) is 17.8 Å². The van der Waals surface area contributed by atoms with Crippen LogP contribution in [0.2, 0.25) is 0 Å². The van der Waals surface area contributed by atoms with Crippen LogP contribution in [0.25, 0.3) is 10.9 Å². The van der Waals surface area contributed by atoms with Gasteiger partial charge in [-0.05, 0) is 36.8 Å². The SMILES string of the molecule is CC(C)CC(CC(F)C(C)C)C(=O)Nc1cnc2c(F)cccc2c1. The first-order valence-corrected chi connectivity index (χ1v) is 8.77. The largest absolute Gasteiger partial charge is 0.324 e. The highest BCUT2D eigenvalue weighted by Gasteiger charge is 2.25. The van der Waals surface area contributed by atoms with E-state index in [4.69, 9.17) is 0 Å². The molecular weight excluding hydrogens is 322 g/mol. The zero-order valence-corrected chi connectivity index (χ0v) is 15.2. The highest BCUT2D eigenvalue weighted by Crippen LogP contribution is 2.25. The minimum Gasteiger partial charge on any atom is -0.324 e. The monoisotopic (exact) mass is 348 g/mol. The van der Waals surface area contributed by atoms with E-state index in [2.05, 4.69) is 10.3 Å². The topological polar surface area (TPSA) is 42.0 Å². The van der Waals surface area contributed by atoms with Crippen molar-refractivity contribution >= 4 is 22.5 Å². The Morgan fingerprint density at radius 1 is 1.20 bits per heavy atom. The second-order valence-electron chi connectivity index (χ2n) is 7.35. The lowest BCUT2D eigenvalue weighted by atomic mass is 9.88. The molecule has 136 valence electrons. The first-order valence-electron chi connectivity index (χ1n) is 8.77. The van der Waals surface area contributed by atoms with Crippen LogP contribution in [0.15, 0.2) is 30.5 Å². The lowest BCUT2D eigenvalue weighted by molar-refractivity contribution is -0.121. The summed E-state index contributed by atoms with van der Waals surface area (Å²) < 4.78 is 27.8. The van der Waals surface area contributed by atoms with Crippen LogP contribution in [0.5, 0.6) is 0 Å². The number of aromatic nitrogens is 1. The number of anilines is 1. The van der Waals surface area contributed by atoms with E-state index < -0.39 is 17.9 Å². The van der Waals surface area contributed by atoms with Crippen LogP contribution in [-0.2, 0) is 4.79 Å². The quantitative estimate of drug-likeness (QED) is 0.732.